The van der Waals surface area contributed by atoms with Crippen LogP contribution in [0.1, 0.15) is 39.5 Å². The van der Waals surface area contributed by atoms with Gasteiger partial charge in [-0.1, -0.05) is 13.8 Å². The number of hydrogen-bond acceptors (Lipinski definition) is 4. The van der Waals surface area contributed by atoms with Gasteiger partial charge in [-0.15, -0.1) is 0 Å². The smallest absolute Gasteiger partial charge is 0.225 e. The van der Waals surface area contributed by atoms with Crippen molar-refractivity contribution in [1.29, 1.82) is 0 Å². The number of hydrogen-bond donors (Lipinski definition) is 1. The molecule has 0 radical (unpaired) electrons. The van der Waals surface area contributed by atoms with Crippen molar-refractivity contribution < 1.29 is 14.3 Å². The SMILES string of the molecule is CC(C)C(CNC(=O)C1CCCN(C(=O)C2CC2)C1)N1CCOCC1. The van der Waals surface area contributed by atoms with Crippen LogP contribution in [0.25, 0.3) is 0 Å². The van der Waals surface area contributed by atoms with E-state index in [1.54, 1.807) is 0 Å². The lowest BCUT2D eigenvalue weighted by molar-refractivity contribution is -0.136. The topological polar surface area (TPSA) is 61.9 Å². The van der Waals surface area contributed by atoms with E-state index < -0.39 is 0 Å². The Morgan fingerprint density at radius 1 is 1.08 bits per heavy atom. The minimum atomic E-state index is -0.0473. The number of morpholine rings is 1. The largest absolute Gasteiger partial charge is 0.379 e. The van der Waals surface area contributed by atoms with Gasteiger partial charge < -0.3 is 15.0 Å². The third kappa shape index (κ3) is 4.94. The van der Waals surface area contributed by atoms with Crippen LogP contribution in [0.15, 0.2) is 0 Å². The van der Waals surface area contributed by atoms with E-state index >= 15 is 0 Å². The molecule has 2 aliphatic heterocycles. The van der Waals surface area contributed by atoms with Gasteiger partial charge in [-0.05, 0) is 31.6 Å². The predicted molar refractivity (Wildman–Crippen MR) is 96.1 cm³/mol. The van der Waals surface area contributed by atoms with Gasteiger partial charge in [-0.2, -0.15) is 0 Å². The highest BCUT2D eigenvalue weighted by atomic mass is 16.5. The first-order chi connectivity index (χ1) is 12.1. The normalized spacial score (nSPS) is 26.5. The van der Waals surface area contributed by atoms with Crippen molar-refractivity contribution in [3.63, 3.8) is 0 Å². The van der Waals surface area contributed by atoms with Gasteiger partial charge in [0.15, 0.2) is 0 Å². The monoisotopic (exact) mass is 351 g/mol. The van der Waals surface area contributed by atoms with E-state index in [9.17, 15) is 9.59 Å². The molecule has 6 heteroatoms. The standard InChI is InChI=1S/C19H33N3O3/c1-14(2)17(21-8-10-25-11-9-21)12-20-18(23)16-4-3-7-22(13-16)19(24)15-5-6-15/h14-17H,3-13H2,1-2H3,(H,20,23). The highest BCUT2D eigenvalue weighted by molar-refractivity contribution is 5.83. The fourth-order valence-corrected chi connectivity index (χ4v) is 4.02. The van der Waals surface area contributed by atoms with E-state index in [0.29, 0.717) is 25.0 Å². The maximum absolute atomic E-state index is 12.7. The number of rotatable bonds is 6. The number of nitrogens with one attached hydrogen (secondary N) is 1. The Morgan fingerprint density at radius 2 is 1.80 bits per heavy atom. The lowest BCUT2D eigenvalue weighted by atomic mass is 9.96. The van der Waals surface area contributed by atoms with Gasteiger partial charge in [-0.25, -0.2) is 0 Å². The molecule has 25 heavy (non-hydrogen) atoms. The second-order valence-corrected chi connectivity index (χ2v) is 8.10. The minimum absolute atomic E-state index is 0.0473. The Bertz CT molecular complexity index is 473. The van der Waals surface area contributed by atoms with E-state index in [0.717, 1.165) is 58.5 Å². The average Bonchev–Trinajstić information content (AvgIpc) is 3.47. The zero-order valence-electron chi connectivity index (χ0n) is 15.7. The molecule has 1 saturated carbocycles. The van der Waals surface area contributed by atoms with E-state index in [4.69, 9.17) is 4.74 Å². The molecule has 2 amide bonds. The van der Waals surface area contributed by atoms with Crippen LogP contribution in [0.2, 0.25) is 0 Å². The molecule has 2 heterocycles. The fourth-order valence-electron chi connectivity index (χ4n) is 4.02. The molecule has 0 spiro atoms. The Morgan fingerprint density at radius 3 is 2.44 bits per heavy atom. The van der Waals surface area contributed by atoms with Gasteiger partial charge >= 0.3 is 0 Å². The van der Waals surface area contributed by atoms with E-state index in [1.807, 2.05) is 4.90 Å². The van der Waals surface area contributed by atoms with Gasteiger partial charge in [0.2, 0.25) is 11.8 Å². The van der Waals surface area contributed by atoms with Crippen LogP contribution in [0, 0.1) is 17.8 Å². The Kier molecular flexibility index (Phi) is 6.34. The number of carbonyl (C=O) groups excluding carboxylic acids is 2. The van der Waals surface area contributed by atoms with Crippen molar-refractivity contribution in [2.24, 2.45) is 17.8 Å². The summed E-state index contributed by atoms with van der Waals surface area (Å²) in [4.78, 5) is 29.3. The Labute approximate surface area is 151 Å². The van der Waals surface area contributed by atoms with Crippen molar-refractivity contribution in [1.82, 2.24) is 15.1 Å². The molecule has 1 aliphatic carbocycles. The quantitative estimate of drug-likeness (QED) is 0.779. The number of piperidine rings is 1. The highest BCUT2D eigenvalue weighted by Crippen LogP contribution is 2.32. The summed E-state index contributed by atoms with van der Waals surface area (Å²) in [7, 11) is 0. The maximum atomic E-state index is 12.7. The molecule has 3 fully saturated rings. The number of likely N-dealkylation sites (tertiary alicyclic amines) is 1. The number of carbonyl (C=O) groups is 2. The molecule has 3 rings (SSSR count). The van der Waals surface area contributed by atoms with Crippen molar-refractivity contribution in [3.05, 3.63) is 0 Å². The molecule has 2 saturated heterocycles. The molecule has 0 aromatic rings. The van der Waals surface area contributed by atoms with Crippen LogP contribution in [0.3, 0.4) is 0 Å². The fraction of sp³-hybridized carbons (Fsp3) is 0.895. The van der Waals surface area contributed by atoms with Crippen LogP contribution in [0.4, 0.5) is 0 Å². The molecule has 0 bridgehead atoms. The first-order valence-electron chi connectivity index (χ1n) is 9.94. The summed E-state index contributed by atoms with van der Waals surface area (Å²) in [5, 5.41) is 3.18. The van der Waals surface area contributed by atoms with Crippen LogP contribution in [-0.4, -0.2) is 73.6 Å². The lowest BCUT2D eigenvalue weighted by Gasteiger charge is -2.37. The molecular weight excluding hydrogens is 318 g/mol. The predicted octanol–water partition coefficient (Wildman–Crippen LogP) is 1.11. The molecular formula is C19H33N3O3. The van der Waals surface area contributed by atoms with E-state index in [-0.39, 0.29) is 23.7 Å². The first-order valence-corrected chi connectivity index (χ1v) is 9.94. The van der Waals surface area contributed by atoms with E-state index in [1.165, 1.54) is 0 Å². The molecule has 0 aromatic heterocycles. The lowest BCUT2D eigenvalue weighted by Crippen LogP contribution is -2.53. The van der Waals surface area contributed by atoms with Crippen LogP contribution in [0.5, 0.6) is 0 Å². The third-order valence-electron chi connectivity index (χ3n) is 5.80. The number of ether oxygens (including phenoxy) is 1. The summed E-state index contributed by atoms with van der Waals surface area (Å²) in [5.74, 6) is 1.07. The minimum Gasteiger partial charge on any atom is -0.379 e. The van der Waals surface area contributed by atoms with Crippen LogP contribution < -0.4 is 5.32 Å². The number of amides is 2. The zero-order chi connectivity index (χ0) is 17.8. The highest BCUT2D eigenvalue weighted by Gasteiger charge is 2.37. The van der Waals surface area contributed by atoms with Crippen LogP contribution >= 0.6 is 0 Å². The van der Waals surface area contributed by atoms with Crippen molar-refractivity contribution in [3.8, 4) is 0 Å². The summed E-state index contributed by atoms with van der Waals surface area (Å²) in [6, 6.07) is 0.348. The summed E-state index contributed by atoms with van der Waals surface area (Å²) in [6.07, 6.45) is 3.89. The Balaban J connectivity index is 1.49. The molecule has 2 atom stereocenters. The van der Waals surface area contributed by atoms with Gasteiger partial charge in [-0.3, -0.25) is 14.5 Å². The molecule has 1 N–H and O–H groups in total. The zero-order valence-corrected chi connectivity index (χ0v) is 15.7. The van der Waals surface area contributed by atoms with Crippen LogP contribution in [-0.2, 0) is 14.3 Å². The number of nitrogens with zero attached hydrogens (tertiary/aromatic N) is 2. The summed E-state index contributed by atoms with van der Waals surface area (Å²) in [6.45, 7) is 9.95. The summed E-state index contributed by atoms with van der Waals surface area (Å²) >= 11 is 0. The van der Waals surface area contributed by atoms with Gasteiger partial charge in [0.25, 0.3) is 0 Å². The van der Waals surface area contributed by atoms with Gasteiger partial charge in [0.05, 0.1) is 19.1 Å². The van der Waals surface area contributed by atoms with E-state index in [2.05, 4.69) is 24.1 Å². The van der Waals surface area contributed by atoms with Gasteiger partial charge in [0, 0.05) is 44.7 Å². The van der Waals surface area contributed by atoms with Crippen molar-refractivity contribution in [2.45, 2.75) is 45.6 Å². The maximum Gasteiger partial charge on any atom is 0.225 e. The average molecular weight is 351 g/mol. The summed E-state index contributed by atoms with van der Waals surface area (Å²) < 4.78 is 5.44. The second-order valence-electron chi connectivity index (χ2n) is 8.10. The second kappa shape index (κ2) is 8.49. The molecule has 6 nitrogen and oxygen atoms in total. The first kappa shape index (κ1) is 18.6. The molecule has 2 unspecified atom stereocenters. The molecule has 0 aromatic carbocycles. The third-order valence-corrected chi connectivity index (χ3v) is 5.80. The van der Waals surface area contributed by atoms with Crippen molar-refractivity contribution in [2.75, 3.05) is 45.9 Å². The molecule has 142 valence electrons. The van der Waals surface area contributed by atoms with Crippen molar-refractivity contribution >= 4 is 11.8 Å². The van der Waals surface area contributed by atoms with Gasteiger partial charge in [0.1, 0.15) is 0 Å². The molecule has 3 aliphatic rings. The summed E-state index contributed by atoms with van der Waals surface area (Å²) in [5.41, 5.74) is 0. The Hall–Kier alpha value is -1.14.